The molecule has 0 aromatic heterocycles. The number of benzene rings is 1. The maximum atomic E-state index is 13.8. The first-order valence-corrected chi connectivity index (χ1v) is 7.08. The van der Waals surface area contributed by atoms with Crippen molar-refractivity contribution in [3.8, 4) is 0 Å². The van der Waals surface area contributed by atoms with Gasteiger partial charge >= 0.3 is 5.97 Å². The zero-order chi connectivity index (χ0) is 14.5. The normalized spacial score (nSPS) is 11.4. The summed E-state index contributed by atoms with van der Waals surface area (Å²) in [5.74, 6) is -0.535. The lowest BCUT2D eigenvalue weighted by Crippen LogP contribution is -2.25. The van der Waals surface area contributed by atoms with Gasteiger partial charge in [-0.25, -0.2) is 4.39 Å². The lowest BCUT2D eigenvalue weighted by atomic mass is 10.2. The summed E-state index contributed by atoms with van der Waals surface area (Å²) >= 11 is 1.17. The Kier molecular flexibility index (Phi) is 5.82. The fraction of sp³-hybridized carbons (Fsp3) is 0.500. The van der Waals surface area contributed by atoms with Gasteiger partial charge in [0.1, 0.15) is 11.4 Å². The molecule has 0 spiro atoms. The minimum absolute atomic E-state index is 0.106. The van der Waals surface area contributed by atoms with Crippen LogP contribution in [-0.2, 0) is 16.1 Å². The Hall–Kier alpha value is -1.07. The van der Waals surface area contributed by atoms with Gasteiger partial charge in [0.05, 0.1) is 5.75 Å². The van der Waals surface area contributed by atoms with Gasteiger partial charge in [-0.2, -0.15) is 0 Å². The highest BCUT2D eigenvalue weighted by Gasteiger charge is 2.17. The minimum Gasteiger partial charge on any atom is -0.459 e. The van der Waals surface area contributed by atoms with Crippen LogP contribution in [0.2, 0.25) is 0 Å². The van der Waals surface area contributed by atoms with Gasteiger partial charge in [-0.3, -0.25) is 4.79 Å². The molecular formula is C14H20FNO2S. The van der Waals surface area contributed by atoms with E-state index in [0.717, 1.165) is 5.56 Å². The van der Waals surface area contributed by atoms with Gasteiger partial charge in [-0.05, 0) is 39.4 Å². The molecule has 0 aliphatic heterocycles. The van der Waals surface area contributed by atoms with E-state index in [1.807, 2.05) is 26.8 Å². The third-order valence-electron chi connectivity index (χ3n) is 2.17. The zero-order valence-electron chi connectivity index (χ0n) is 11.7. The maximum Gasteiger partial charge on any atom is 0.316 e. The quantitative estimate of drug-likeness (QED) is 0.667. The second kappa shape index (κ2) is 6.91. The molecule has 0 heterocycles. The number of thioether (sulfide) groups is 1. The van der Waals surface area contributed by atoms with Crippen LogP contribution in [0.5, 0.6) is 0 Å². The Morgan fingerprint density at radius 2 is 2.11 bits per heavy atom. The molecule has 0 radical (unpaired) electrons. The van der Waals surface area contributed by atoms with E-state index in [0.29, 0.717) is 11.4 Å². The van der Waals surface area contributed by atoms with Crippen molar-refractivity contribution >= 4 is 17.7 Å². The van der Waals surface area contributed by atoms with Crippen molar-refractivity contribution in [2.45, 2.75) is 37.8 Å². The summed E-state index contributed by atoms with van der Waals surface area (Å²) in [6.07, 6.45) is 0. The van der Waals surface area contributed by atoms with Gasteiger partial charge in [0, 0.05) is 11.4 Å². The third kappa shape index (κ3) is 5.61. The molecule has 1 N–H and O–H groups in total. The minimum atomic E-state index is -0.513. The molecule has 106 valence electrons. The fourth-order valence-corrected chi connectivity index (χ4v) is 2.40. The molecule has 1 aromatic rings. The average molecular weight is 285 g/mol. The first-order valence-electron chi connectivity index (χ1n) is 6.10. The van der Waals surface area contributed by atoms with Crippen LogP contribution in [0.15, 0.2) is 23.1 Å². The lowest BCUT2D eigenvalue weighted by Gasteiger charge is -2.19. The molecule has 5 heteroatoms. The molecule has 0 saturated carbocycles. The molecule has 0 bridgehead atoms. The summed E-state index contributed by atoms with van der Waals surface area (Å²) in [5, 5.41) is 2.98. The highest BCUT2D eigenvalue weighted by molar-refractivity contribution is 8.00. The molecule has 0 amide bonds. The van der Waals surface area contributed by atoms with Crippen LogP contribution in [0, 0.1) is 5.82 Å². The van der Waals surface area contributed by atoms with Gasteiger partial charge in [-0.15, -0.1) is 11.8 Å². The van der Waals surface area contributed by atoms with Crippen molar-refractivity contribution in [3.05, 3.63) is 29.6 Å². The van der Waals surface area contributed by atoms with Crippen molar-refractivity contribution in [1.82, 2.24) is 5.32 Å². The van der Waals surface area contributed by atoms with Crippen LogP contribution in [-0.4, -0.2) is 24.4 Å². The van der Waals surface area contributed by atoms with Gasteiger partial charge in [0.15, 0.2) is 0 Å². The molecular weight excluding hydrogens is 265 g/mol. The highest BCUT2D eigenvalue weighted by atomic mass is 32.2. The van der Waals surface area contributed by atoms with E-state index in [1.165, 1.54) is 17.8 Å². The Morgan fingerprint density at radius 1 is 1.42 bits per heavy atom. The van der Waals surface area contributed by atoms with Crippen molar-refractivity contribution in [1.29, 1.82) is 0 Å². The first-order chi connectivity index (χ1) is 8.83. The first kappa shape index (κ1) is 16.0. The summed E-state index contributed by atoms with van der Waals surface area (Å²) in [6.45, 7) is 6.00. The SMILES string of the molecule is CNCc1cccc(F)c1SCC(=O)OC(C)(C)C. The number of nitrogens with one attached hydrogen (secondary N) is 1. The summed E-state index contributed by atoms with van der Waals surface area (Å²) in [6, 6.07) is 4.91. The van der Waals surface area contributed by atoms with Crippen molar-refractivity contribution in [2.75, 3.05) is 12.8 Å². The van der Waals surface area contributed by atoms with Crippen LogP contribution in [0.4, 0.5) is 4.39 Å². The number of hydrogen-bond donors (Lipinski definition) is 1. The molecule has 0 saturated heterocycles. The monoisotopic (exact) mass is 285 g/mol. The standard InChI is InChI=1S/C14H20FNO2S/c1-14(2,3)18-12(17)9-19-13-10(8-16-4)6-5-7-11(13)15/h5-7,16H,8-9H2,1-4H3. The third-order valence-corrected chi connectivity index (χ3v) is 3.30. The smallest absolute Gasteiger partial charge is 0.316 e. The van der Waals surface area contributed by atoms with Gasteiger partial charge in [-0.1, -0.05) is 12.1 Å². The van der Waals surface area contributed by atoms with Crippen LogP contribution < -0.4 is 5.32 Å². The van der Waals surface area contributed by atoms with Crippen molar-refractivity contribution < 1.29 is 13.9 Å². The molecule has 0 aliphatic carbocycles. The van der Waals surface area contributed by atoms with Gasteiger partial charge in [0.25, 0.3) is 0 Å². The van der Waals surface area contributed by atoms with Crippen LogP contribution >= 0.6 is 11.8 Å². The second-order valence-corrected chi connectivity index (χ2v) is 6.12. The summed E-state index contributed by atoms with van der Waals surface area (Å²) in [4.78, 5) is 12.1. The number of ether oxygens (including phenoxy) is 1. The van der Waals surface area contributed by atoms with E-state index in [1.54, 1.807) is 13.1 Å². The summed E-state index contributed by atoms with van der Waals surface area (Å²) in [5.41, 5.74) is 0.330. The molecule has 0 aliphatic rings. The number of hydrogen-bond acceptors (Lipinski definition) is 4. The Balaban J connectivity index is 2.69. The van der Waals surface area contributed by atoms with Gasteiger partial charge in [0.2, 0.25) is 0 Å². The maximum absolute atomic E-state index is 13.8. The Morgan fingerprint density at radius 3 is 2.68 bits per heavy atom. The van der Waals surface area contributed by atoms with E-state index in [4.69, 9.17) is 4.74 Å². The van der Waals surface area contributed by atoms with Crippen molar-refractivity contribution in [3.63, 3.8) is 0 Å². The highest BCUT2D eigenvalue weighted by Crippen LogP contribution is 2.26. The predicted molar refractivity (Wildman–Crippen MR) is 75.7 cm³/mol. The number of carbonyl (C=O) groups excluding carboxylic acids is 1. The van der Waals surface area contributed by atoms with Crippen LogP contribution in [0.1, 0.15) is 26.3 Å². The summed E-state index contributed by atoms with van der Waals surface area (Å²) in [7, 11) is 1.80. The van der Waals surface area contributed by atoms with E-state index < -0.39 is 5.60 Å². The molecule has 0 fully saturated rings. The van der Waals surface area contributed by atoms with Crippen LogP contribution in [0.25, 0.3) is 0 Å². The zero-order valence-corrected chi connectivity index (χ0v) is 12.6. The van der Waals surface area contributed by atoms with E-state index >= 15 is 0 Å². The average Bonchev–Trinajstić information content (AvgIpc) is 2.26. The Labute approximate surface area is 117 Å². The molecule has 19 heavy (non-hydrogen) atoms. The van der Waals surface area contributed by atoms with E-state index in [2.05, 4.69) is 5.32 Å². The largest absolute Gasteiger partial charge is 0.459 e. The number of halogens is 1. The predicted octanol–water partition coefficient (Wildman–Crippen LogP) is 2.98. The number of carbonyl (C=O) groups is 1. The summed E-state index contributed by atoms with van der Waals surface area (Å²) < 4.78 is 19.0. The molecule has 3 nitrogen and oxygen atoms in total. The van der Waals surface area contributed by atoms with E-state index in [-0.39, 0.29) is 17.5 Å². The molecule has 1 rings (SSSR count). The van der Waals surface area contributed by atoms with Crippen molar-refractivity contribution in [2.24, 2.45) is 0 Å². The van der Waals surface area contributed by atoms with E-state index in [9.17, 15) is 9.18 Å². The number of rotatable bonds is 5. The Bertz CT molecular complexity index is 444. The number of esters is 1. The molecule has 0 unspecified atom stereocenters. The van der Waals surface area contributed by atoms with Crippen LogP contribution in [0.3, 0.4) is 0 Å². The van der Waals surface area contributed by atoms with Gasteiger partial charge < -0.3 is 10.1 Å². The lowest BCUT2D eigenvalue weighted by molar-refractivity contribution is -0.151. The molecule has 1 aromatic carbocycles. The topological polar surface area (TPSA) is 38.3 Å². The fourth-order valence-electron chi connectivity index (χ4n) is 1.55. The second-order valence-electron chi connectivity index (χ2n) is 5.13. The molecule has 0 atom stereocenters.